The van der Waals surface area contributed by atoms with Crippen LogP contribution in [-0.2, 0) is 9.47 Å². The van der Waals surface area contributed by atoms with E-state index in [1.165, 1.54) is 5.56 Å². The summed E-state index contributed by atoms with van der Waals surface area (Å²) >= 11 is 4.59. The number of fused-ring (bicyclic) bond motifs is 5. The Morgan fingerprint density at radius 2 is 1.74 bits per heavy atom. The second-order valence-electron chi connectivity index (χ2n) is 13.8. The minimum absolute atomic E-state index is 0.123. The molecule has 8 heteroatoms. The Morgan fingerprint density at radius 1 is 0.949 bits per heavy atom. The molecule has 0 aromatic heterocycles. The first-order chi connectivity index (χ1) is 18.5. The van der Waals surface area contributed by atoms with Gasteiger partial charge in [0.2, 0.25) is 0 Å². The molecule has 13 atom stereocenters. The second-order valence-corrected chi connectivity index (χ2v) is 14.3. The topological polar surface area (TPSA) is 120 Å². The van der Waals surface area contributed by atoms with Crippen LogP contribution in [0.5, 0.6) is 0 Å². The molecule has 5 unspecified atom stereocenters. The van der Waals surface area contributed by atoms with E-state index < -0.39 is 42.9 Å². The molecule has 6 rings (SSSR count). The lowest BCUT2D eigenvalue weighted by molar-refractivity contribution is -0.317. The fourth-order valence-electron chi connectivity index (χ4n) is 9.95. The third-order valence-electron chi connectivity index (χ3n) is 12.3. The maximum Gasteiger partial charge on any atom is 0.186 e. The first-order valence-electron chi connectivity index (χ1n) is 15.0. The van der Waals surface area contributed by atoms with Gasteiger partial charge >= 0.3 is 0 Å². The number of ether oxygens (including phenoxy) is 2. The highest BCUT2D eigenvalue weighted by Gasteiger charge is 2.67. The molecular weight excluding hydrogens is 516 g/mol. The van der Waals surface area contributed by atoms with Gasteiger partial charge in [-0.25, -0.2) is 0 Å². The van der Waals surface area contributed by atoms with Gasteiger partial charge < -0.3 is 35.0 Å². The van der Waals surface area contributed by atoms with Gasteiger partial charge in [0.1, 0.15) is 24.4 Å². The van der Waals surface area contributed by atoms with Crippen LogP contribution in [0.4, 0.5) is 0 Å². The maximum atomic E-state index is 12.5. The molecule has 4 aliphatic carbocycles. The number of rotatable bonds is 4. The van der Waals surface area contributed by atoms with E-state index in [2.05, 4.69) is 44.7 Å². The van der Waals surface area contributed by atoms with Crippen LogP contribution in [0.25, 0.3) is 0 Å². The van der Waals surface area contributed by atoms with Crippen molar-refractivity contribution in [3.63, 3.8) is 0 Å². The van der Waals surface area contributed by atoms with E-state index in [0.29, 0.717) is 23.7 Å². The van der Waals surface area contributed by atoms with Crippen LogP contribution in [0, 0.1) is 28.6 Å². The number of aliphatic hydroxyl groups is 5. The average molecular weight is 563 g/mol. The minimum Gasteiger partial charge on any atom is -0.394 e. The van der Waals surface area contributed by atoms with E-state index in [-0.39, 0.29) is 16.9 Å². The molecule has 1 saturated heterocycles. The lowest BCUT2D eigenvalue weighted by Gasteiger charge is -2.64. The fourth-order valence-corrected chi connectivity index (χ4v) is 10.2. The molecule has 5 aliphatic rings. The normalized spacial score (nSPS) is 51.6. The number of benzene rings is 1. The molecule has 4 saturated carbocycles. The van der Waals surface area contributed by atoms with E-state index in [9.17, 15) is 25.5 Å². The Bertz CT molecular complexity index is 1050. The molecule has 7 nitrogen and oxygen atoms in total. The van der Waals surface area contributed by atoms with Crippen LogP contribution < -0.4 is 0 Å². The predicted molar refractivity (Wildman–Crippen MR) is 148 cm³/mol. The van der Waals surface area contributed by atoms with Crippen molar-refractivity contribution in [2.75, 3.05) is 6.61 Å². The highest BCUT2D eigenvalue weighted by atomic mass is 32.1. The van der Waals surface area contributed by atoms with Crippen LogP contribution in [-0.4, -0.2) is 74.6 Å². The van der Waals surface area contributed by atoms with Gasteiger partial charge in [0.05, 0.1) is 18.3 Å². The van der Waals surface area contributed by atoms with Crippen molar-refractivity contribution >= 4 is 12.6 Å². The predicted octanol–water partition coefficient (Wildman–Crippen LogP) is 3.40. The lowest BCUT2D eigenvalue weighted by Crippen LogP contribution is -2.62. The van der Waals surface area contributed by atoms with Gasteiger partial charge in [-0.1, -0.05) is 26.0 Å². The Morgan fingerprint density at radius 3 is 2.49 bits per heavy atom. The summed E-state index contributed by atoms with van der Waals surface area (Å²) in [5, 5.41) is 52.8. The number of thiol groups is 1. The van der Waals surface area contributed by atoms with E-state index >= 15 is 0 Å². The lowest BCUT2D eigenvalue weighted by atomic mass is 9.43. The van der Waals surface area contributed by atoms with Crippen molar-refractivity contribution in [2.45, 2.75) is 125 Å². The highest BCUT2D eigenvalue weighted by molar-refractivity contribution is 7.80. The summed E-state index contributed by atoms with van der Waals surface area (Å²) < 4.78 is 11.8. The second kappa shape index (κ2) is 10.2. The van der Waals surface area contributed by atoms with Crippen molar-refractivity contribution < 1.29 is 35.0 Å². The molecule has 0 bridgehead atoms. The molecule has 1 aliphatic heterocycles. The van der Waals surface area contributed by atoms with Crippen LogP contribution in [0.2, 0.25) is 0 Å². The first-order valence-corrected chi connectivity index (χ1v) is 15.4. The van der Waals surface area contributed by atoms with Crippen LogP contribution in [0.15, 0.2) is 29.2 Å². The summed E-state index contributed by atoms with van der Waals surface area (Å²) in [4.78, 5) is 0.982. The number of hydrogen-bond donors (Lipinski definition) is 6. The van der Waals surface area contributed by atoms with Crippen molar-refractivity contribution in [3.8, 4) is 0 Å². The first kappa shape index (κ1) is 28.4. The molecule has 1 aromatic rings. The van der Waals surface area contributed by atoms with Crippen LogP contribution in [0.1, 0.15) is 83.1 Å². The molecule has 0 radical (unpaired) electrons. The SMILES string of the molecule is C[C@]12CCC(OC3O[C@H](CO)[C@@H](O)[C@H](O)[C@H]3O)CC1CC[C@@H]1[C@@H]2CC[C@]2(C)C(c3cccc(S)c3)CCC12O. The van der Waals surface area contributed by atoms with E-state index in [1.54, 1.807) is 0 Å². The summed E-state index contributed by atoms with van der Waals surface area (Å²) in [6, 6.07) is 8.50. The largest absolute Gasteiger partial charge is 0.394 e. The zero-order valence-corrected chi connectivity index (χ0v) is 24.0. The molecule has 5 fully saturated rings. The third kappa shape index (κ3) is 4.35. The van der Waals surface area contributed by atoms with Crippen molar-refractivity contribution in [1.82, 2.24) is 0 Å². The van der Waals surface area contributed by atoms with Gasteiger partial charge in [0.15, 0.2) is 6.29 Å². The summed E-state index contributed by atoms with van der Waals surface area (Å²) in [6.07, 6.45) is 2.42. The Kier molecular flexibility index (Phi) is 7.45. The van der Waals surface area contributed by atoms with Gasteiger partial charge in [0.25, 0.3) is 0 Å². The highest BCUT2D eigenvalue weighted by Crippen LogP contribution is 2.70. The molecule has 0 spiro atoms. The van der Waals surface area contributed by atoms with Gasteiger partial charge in [-0.05, 0) is 105 Å². The van der Waals surface area contributed by atoms with Gasteiger partial charge in [-0.15, -0.1) is 12.6 Å². The average Bonchev–Trinajstić information content (AvgIpc) is 3.20. The molecule has 1 aromatic carbocycles. The van der Waals surface area contributed by atoms with Crippen molar-refractivity contribution in [2.24, 2.45) is 28.6 Å². The zero-order valence-electron chi connectivity index (χ0n) is 23.2. The summed E-state index contributed by atoms with van der Waals surface area (Å²) in [5.41, 5.74) is 0.635. The third-order valence-corrected chi connectivity index (χ3v) is 12.5. The minimum atomic E-state index is -1.42. The Balaban J connectivity index is 1.17. The number of aliphatic hydroxyl groups excluding tert-OH is 4. The molecule has 39 heavy (non-hydrogen) atoms. The van der Waals surface area contributed by atoms with E-state index in [1.807, 2.05) is 6.07 Å². The van der Waals surface area contributed by atoms with Gasteiger partial charge in [0, 0.05) is 10.3 Å². The van der Waals surface area contributed by atoms with Crippen LogP contribution in [0.3, 0.4) is 0 Å². The molecule has 218 valence electrons. The van der Waals surface area contributed by atoms with Crippen molar-refractivity contribution in [1.29, 1.82) is 0 Å². The number of hydrogen-bond acceptors (Lipinski definition) is 8. The summed E-state index contributed by atoms with van der Waals surface area (Å²) in [6.45, 7) is 4.31. The van der Waals surface area contributed by atoms with E-state index in [4.69, 9.17) is 9.47 Å². The van der Waals surface area contributed by atoms with Crippen molar-refractivity contribution in [3.05, 3.63) is 29.8 Å². The Labute approximate surface area is 237 Å². The van der Waals surface area contributed by atoms with Crippen LogP contribution >= 0.6 is 12.6 Å². The molecule has 5 N–H and O–H groups in total. The fraction of sp³-hybridized carbons (Fsp3) is 0.806. The molecule has 1 heterocycles. The molecule has 0 amide bonds. The summed E-state index contributed by atoms with van der Waals surface area (Å²) in [7, 11) is 0. The van der Waals surface area contributed by atoms with Gasteiger partial charge in [-0.2, -0.15) is 0 Å². The standard InChI is InChI=1S/C31H46O7S/c1-29-11-8-19(37-28-27(35)26(34)25(33)24(16-32)38-28)15-18(29)6-7-23-22(29)9-12-30(2)21(10-13-31(23,30)36)17-4-3-5-20(39)14-17/h3-5,14,18-19,21-28,32-36,39H,6-13,15-16H2,1-2H3/t18?,19?,21?,22-,23+,24+,25+,26-,27+,28?,29-,30+,31?/m0/s1. The molecular formula is C31H46O7S. The monoisotopic (exact) mass is 562 g/mol. The quantitative estimate of drug-likeness (QED) is 0.246. The summed E-state index contributed by atoms with van der Waals surface area (Å²) in [5.74, 6) is 1.57. The smallest absolute Gasteiger partial charge is 0.186 e. The zero-order chi connectivity index (χ0) is 27.7. The van der Waals surface area contributed by atoms with Gasteiger partial charge in [-0.3, -0.25) is 0 Å². The Hall–Kier alpha value is -0.710. The maximum absolute atomic E-state index is 12.5. The van der Waals surface area contributed by atoms with E-state index in [0.717, 1.165) is 62.7 Å².